The summed E-state index contributed by atoms with van der Waals surface area (Å²) in [6.45, 7) is 0.916. The minimum atomic E-state index is -3.27. The fourth-order valence-corrected chi connectivity index (χ4v) is 4.62. The number of amides is 1. The van der Waals surface area contributed by atoms with Crippen molar-refractivity contribution < 1.29 is 13.2 Å². The Morgan fingerprint density at radius 2 is 2.04 bits per heavy atom. The molecule has 3 rings (SSSR count). The minimum Gasteiger partial charge on any atom is -0.334 e. The zero-order valence-corrected chi connectivity index (χ0v) is 16.8. The van der Waals surface area contributed by atoms with Gasteiger partial charge in [-0.15, -0.1) is 11.3 Å². The Balaban J connectivity index is 1.75. The van der Waals surface area contributed by atoms with Gasteiger partial charge in [-0.2, -0.15) is 0 Å². The van der Waals surface area contributed by atoms with E-state index < -0.39 is 10.0 Å². The van der Waals surface area contributed by atoms with E-state index in [9.17, 15) is 13.2 Å². The molecule has 26 heavy (non-hydrogen) atoms. The molecule has 1 atom stereocenters. The number of carbonyl (C=O) groups excluding carboxylic acids is 1. The van der Waals surface area contributed by atoms with E-state index in [1.165, 1.54) is 11.3 Å². The number of sulfonamides is 1. The van der Waals surface area contributed by atoms with Crippen LogP contribution in [-0.2, 0) is 10.0 Å². The lowest BCUT2D eigenvalue weighted by atomic mass is 10.0. The Hall–Kier alpha value is -1.41. The van der Waals surface area contributed by atoms with Crippen molar-refractivity contribution in [3.05, 3.63) is 46.3 Å². The van der Waals surface area contributed by atoms with Gasteiger partial charge in [-0.05, 0) is 43.0 Å². The van der Waals surface area contributed by atoms with E-state index in [-0.39, 0.29) is 18.5 Å². The number of hydrogen-bond donors (Lipinski definition) is 1. The molecular formula is C18H21ClN2O3S2. The lowest BCUT2D eigenvalue weighted by Gasteiger charge is -2.35. The van der Waals surface area contributed by atoms with Crippen LogP contribution in [0.5, 0.6) is 0 Å². The van der Waals surface area contributed by atoms with Crippen molar-refractivity contribution in [2.45, 2.75) is 25.3 Å². The van der Waals surface area contributed by atoms with E-state index in [1.807, 2.05) is 35.7 Å². The molecule has 5 nitrogen and oxygen atoms in total. The monoisotopic (exact) mass is 412 g/mol. The molecule has 1 fully saturated rings. The highest BCUT2D eigenvalue weighted by Gasteiger charge is 2.28. The van der Waals surface area contributed by atoms with Crippen molar-refractivity contribution >= 4 is 38.9 Å². The number of halogens is 1. The van der Waals surface area contributed by atoms with Gasteiger partial charge in [-0.25, -0.2) is 13.1 Å². The lowest BCUT2D eigenvalue weighted by Crippen LogP contribution is -2.49. The molecule has 140 valence electrons. The molecule has 0 bridgehead atoms. The quantitative estimate of drug-likeness (QED) is 0.815. The standard InChI is InChI=1S/C18H21ClN2O3S2/c1-26(23,24)20-11-16-4-2-3-9-21(16)18(22)14-10-17(25-12-14)13-5-7-15(19)8-6-13/h5-8,10,12,16,20H,2-4,9,11H2,1H3. The molecule has 1 amide bonds. The van der Waals surface area contributed by atoms with Gasteiger partial charge in [0.2, 0.25) is 10.0 Å². The van der Waals surface area contributed by atoms with E-state index >= 15 is 0 Å². The molecule has 1 unspecified atom stereocenters. The summed E-state index contributed by atoms with van der Waals surface area (Å²) in [4.78, 5) is 15.8. The lowest BCUT2D eigenvalue weighted by molar-refractivity contribution is 0.0619. The highest BCUT2D eigenvalue weighted by Crippen LogP contribution is 2.30. The maximum absolute atomic E-state index is 13.0. The zero-order chi connectivity index (χ0) is 18.7. The fourth-order valence-electron chi connectivity index (χ4n) is 3.11. The minimum absolute atomic E-state index is 0.0403. The number of thiophene rings is 1. The third-order valence-corrected chi connectivity index (χ3v) is 6.37. The Morgan fingerprint density at radius 3 is 2.73 bits per heavy atom. The highest BCUT2D eigenvalue weighted by atomic mass is 35.5. The number of likely N-dealkylation sites (tertiary alicyclic amines) is 1. The zero-order valence-electron chi connectivity index (χ0n) is 14.4. The summed E-state index contributed by atoms with van der Waals surface area (Å²) in [5, 5.41) is 2.54. The molecule has 8 heteroatoms. The van der Waals surface area contributed by atoms with Gasteiger partial charge in [0.25, 0.3) is 5.91 Å². The first-order valence-electron chi connectivity index (χ1n) is 8.43. The number of rotatable bonds is 5. The molecule has 0 radical (unpaired) electrons. The number of benzene rings is 1. The second-order valence-electron chi connectivity index (χ2n) is 6.48. The Labute approximate surface area is 163 Å². The Morgan fingerprint density at radius 1 is 1.31 bits per heavy atom. The smallest absolute Gasteiger partial charge is 0.255 e. The molecular weight excluding hydrogens is 392 g/mol. The number of piperidine rings is 1. The van der Waals surface area contributed by atoms with E-state index in [0.29, 0.717) is 17.1 Å². The molecule has 1 aromatic carbocycles. The third-order valence-electron chi connectivity index (χ3n) is 4.44. The van der Waals surface area contributed by atoms with Gasteiger partial charge in [0.15, 0.2) is 0 Å². The second kappa shape index (κ2) is 8.08. The average Bonchev–Trinajstić information content (AvgIpc) is 3.10. The van der Waals surface area contributed by atoms with Gasteiger partial charge in [0.1, 0.15) is 0 Å². The number of nitrogens with zero attached hydrogens (tertiary/aromatic N) is 1. The van der Waals surface area contributed by atoms with Gasteiger partial charge in [-0.3, -0.25) is 4.79 Å². The van der Waals surface area contributed by atoms with Gasteiger partial charge in [-0.1, -0.05) is 23.7 Å². The predicted molar refractivity (Wildman–Crippen MR) is 106 cm³/mol. The Kier molecular flexibility index (Phi) is 6.02. The average molecular weight is 413 g/mol. The molecule has 0 aliphatic carbocycles. The Bertz CT molecular complexity index is 878. The summed E-state index contributed by atoms with van der Waals surface area (Å²) >= 11 is 7.45. The van der Waals surface area contributed by atoms with Crippen molar-refractivity contribution in [3.8, 4) is 10.4 Å². The van der Waals surface area contributed by atoms with E-state index in [1.54, 1.807) is 4.90 Å². The van der Waals surface area contributed by atoms with Crippen LogP contribution in [0.4, 0.5) is 0 Å². The summed E-state index contributed by atoms with van der Waals surface area (Å²) in [6.07, 6.45) is 3.89. The molecule has 1 aliphatic rings. The summed E-state index contributed by atoms with van der Waals surface area (Å²) < 4.78 is 25.3. The molecule has 1 aliphatic heterocycles. The molecule has 0 saturated carbocycles. The normalized spacial score (nSPS) is 18.1. The molecule has 1 saturated heterocycles. The third kappa shape index (κ3) is 4.85. The summed E-state index contributed by atoms with van der Waals surface area (Å²) in [7, 11) is -3.27. The fraction of sp³-hybridized carbons (Fsp3) is 0.389. The van der Waals surface area contributed by atoms with Crippen LogP contribution >= 0.6 is 22.9 Å². The van der Waals surface area contributed by atoms with Crippen LogP contribution in [0.25, 0.3) is 10.4 Å². The number of carbonyl (C=O) groups is 1. The van der Waals surface area contributed by atoms with Crippen molar-refractivity contribution in [2.75, 3.05) is 19.3 Å². The van der Waals surface area contributed by atoms with Crippen molar-refractivity contribution in [3.63, 3.8) is 0 Å². The SMILES string of the molecule is CS(=O)(=O)NCC1CCCCN1C(=O)c1csc(-c2ccc(Cl)cc2)c1. The number of hydrogen-bond acceptors (Lipinski definition) is 4. The molecule has 1 N–H and O–H groups in total. The number of nitrogens with one attached hydrogen (secondary N) is 1. The topological polar surface area (TPSA) is 66.5 Å². The summed E-state index contributed by atoms with van der Waals surface area (Å²) in [5.74, 6) is -0.0403. The summed E-state index contributed by atoms with van der Waals surface area (Å²) in [5.41, 5.74) is 1.67. The van der Waals surface area contributed by atoms with Crippen LogP contribution in [0.3, 0.4) is 0 Å². The first-order valence-corrected chi connectivity index (χ1v) is 11.6. The maximum Gasteiger partial charge on any atom is 0.255 e. The molecule has 2 heterocycles. The maximum atomic E-state index is 13.0. The van der Waals surface area contributed by atoms with Crippen molar-refractivity contribution in [2.24, 2.45) is 0 Å². The summed E-state index contributed by atoms with van der Waals surface area (Å²) in [6, 6.07) is 9.31. The van der Waals surface area contributed by atoms with E-state index in [0.717, 1.165) is 36.0 Å². The van der Waals surface area contributed by atoms with Crippen LogP contribution in [0, 0.1) is 0 Å². The van der Waals surface area contributed by atoms with Crippen LogP contribution in [0.1, 0.15) is 29.6 Å². The largest absolute Gasteiger partial charge is 0.334 e. The molecule has 0 spiro atoms. The van der Waals surface area contributed by atoms with Crippen LogP contribution in [-0.4, -0.2) is 44.6 Å². The first kappa shape index (κ1) is 19.4. The van der Waals surface area contributed by atoms with Crippen LogP contribution in [0.2, 0.25) is 5.02 Å². The molecule has 1 aromatic heterocycles. The van der Waals surface area contributed by atoms with Gasteiger partial charge in [0, 0.05) is 34.4 Å². The highest BCUT2D eigenvalue weighted by molar-refractivity contribution is 7.88. The second-order valence-corrected chi connectivity index (χ2v) is 9.66. The van der Waals surface area contributed by atoms with Crippen LogP contribution < -0.4 is 4.72 Å². The van der Waals surface area contributed by atoms with Crippen molar-refractivity contribution in [1.82, 2.24) is 9.62 Å². The van der Waals surface area contributed by atoms with Crippen molar-refractivity contribution in [1.29, 1.82) is 0 Å². The van der Waals surface area contributed by atoms with E-state index in [2.05, 4.69) is 4.72 Å². The van der Waals surface area contributed by atoms with E-state index in [4.69, 9.17) is 11.6 Å². The van der Waals surface area contributed by atoms with Crippen LogP contribution in [0.15, 0.2) is 35.7 Å². The predicted octanol–water partition coefficient (Wildman–Crippen LogP) is 3.61. The van der Waals surface area contributed by atoms with Gasteiger partial charge in [0.05, 0.1) is 11.8 Å². The van der Waals surface area contributed by atoms with Gasteiger partial charge < -0.3 is 4.90 Å². The van der Waals surface area contributed by atoms with Gasteiger partial charge >= 0.3 is 0 Å². The first-order chi connectivity index (χ1) is 12.3. The molecule has 2 aromatic rings.